The van der Waals surface area contributed by atoms with Gasteiger partial charge in [0.15, 0.2) is 0 Å². The molecule has 0 fully saturated rings. The highest BCUT2D eigenvalue weighted by molar-refractivity contribution is 7.12. The molecule has 0 atom stereocenters. The molecule has 24 heavy (non-hydrogen) atoms. The van der Waals surface area contributed by atoms with Crippen molar-refractivity contribution >= 4 is 40.5 Å². The van der Waals surface area contributed by atoms with Crippen LogP contribution >= 0.6 is 22.9 Å². The van der Waals surface area contributed by atoms with E-state index in [1.807, 2.05) is 11.4 Å². The maximum absolute atomic E-state index is 12.0. The van der Waals surface area contributed by atoms with Gasteiger partial charge in [-0.3, -0.25) is 4.79 Å². The van der Waals surface area contributed by atoms with Crippen molar-refractivity contribution in [3.05, 3.63) is 81.5 Å². The van der Waals surface area contributed by atoms with Gasteiger partial charge in [-0.2, -0.15) is 0 Å². The van der Waals surface area contributed by atoms with Gasteiger partial charge >= 0.3 is 5.97 Å². The van der Waals surface area contributed by atoms with Crippen LogP contribution in [-0.2, 0) is 0 Å². The van der Waals surface area contributed by atoms with Crippen molar-refractivity contribution in [2.45, 2.75) is 0 Å². The lowest BCUT2D eigenvalue weighted by molar-refractivity contribution is 0.0734. The van der Waals surface area contributed by atoms with Crippen LogP contribution in [0.2, 0.25) is 5.02 Å². The lowest BCUT2D eigenvalue weighted by atomic mass is 10.2. The highest BCUT2D eigenvalue weighted by atomic mass is 35.5. The molecule has 0 bridgehead atoms. The number of rotatable bonds is 4. The molecule has 3 aromatic rings. The Kier molecular flexibility index (Phi) is 4.93. The Labute approximate surface area is 147 Å². The number of halogens is 1. The van der Waals surface area contributed by atoms with Crippen LogP contribution in [-0.4, -0.2) is 11.9 Å². The van der Waals surface area contributed by atoms with E-state index < -0.39 is 5.97 Å². The third kappa shape index (κ3) is 4.01. The van der Waals surface area contributed by atoms with E-state index >= 15 is 0 Å². The highest BCUT2D eigenvalue weighted by Crippen LogP contribution is 2.19. The Bertz CT molecular complexity index is 843. The third-order valence-corrected chi connectivity index (χ3v) is 4.27. The Morgan fingerprint density at radius 1 is 0.958 bits per heavy atom. The summed E-state index contributed by atoms with van der Waals surface area (Å²) in [5.74, 6) is -0.248. The van der Waals surface area contributed by atoms with E-state index in [2.05, 4.69) is 5.32 Å². The molecule has 0 unspecified atom stereocenters. The van der Waals surface area contributed by atoms with Gasteiger partial charge in [0.25, 0.3) is 5.91 Å². The number of esters is 1. The van der Waals surface area contributed by atoms with Crippen LogP contribution < -0.4 is 10.1 Å². The second-order valence-electron chi connectivity index (χ2n) is 4.85. The molecule has 0 aliphatic heterocycles. The fraction of sp³-hybridized carbons (Fsp3) is 0. The number of thiophene rings is 1. The van der Waals surface area contributed by atoms with Crippen LogP contribution in [0.5, 0.6) is 5.75 Å². The highest BCUT2D eigenvalue weighted by Gasteiger charge is 2.10. The maximum Gasteiger partial charge on any atom is 0.343 e. The smallest absolute Gasteiger partial charge is 0.343 e. The molecule has 0 aliphatic carbocycles. The Hall–Kier alpha value is -2.63. The Morgan fingerprint density at radius 3 is 2.29 bits per heavy atom. The van der Waals surface area contributed by atoms with Crippen LogP contribution in [0.4, 0.5) is 5.69 Å². The minimum Gasteiger partial charge on any atom is -0.423 e. The number of carbonyl (C=O) groups excluding carboxylic acids is 2. The summed E-state index contributed by atoms with van der Waals surface area (Å²) in [5, 5.41) is 5.17. The normalized spacial score (nSPS) is 10.2. The number of benzene rings is 2. The monoisotopic (exact) mass is 357 g/mol. The number of hydrogen-bond donors (Lipinski definition) is 1. The molecule has 3 rings (SSSR count). The van der Waals surface area contributed by atoms with Gasteiger partial charge in [-0.15, -0.1) is 11.3 Å². The molecule has 6 heteroatoms. The molecule has 1 heterocycles. The van der Waals surface area contributed by atoms with Gasteiger partial charge in [0.2, 0.25) is 0 Å². The van der Waals surface area contributed by atoms with E-state index in [1.165, 1.54) is 11.3 Å². The minimum atomic E-state index is -0.470. The fourth-order valence-corrected chi connectivity index (χ4v) is 2.70. The number of anilines is 1. The topological polar surface area (TPSA) is 55.4 Å². The van der Waals surface area contributed by atoms with Crippen LogP contribution in [0.1, 0.15) is 20.0 Å². The van der Waals surface area contributed by atoms with Gasteiger partial charge < -0.3 is 10.1 Å². The Balaban J connectivity index is 1.63. The lowest BCUT2D eigenvalue weighted by Crippen LogP contribution is -2.10. The summed E-state index contributed by atoms with van der Waals surface area (Å²) in [7, 11) is 0. The molecule has 0 saturated heterocycles. The number of nitrogens with one attached hydrogen (secondary N) is 1. The summed E-state index contributed by atoms with van der Waals surface area (Å²) in [4.78, 5) is 24.6. The van der Waals surface area contributed by atoms with Crippen molar-refractivity contribution in [3.8, 4) is 5.75 Å². The summed E-state index contributed by atoms with van der Waals surface area (Å²) in [6, 6.07) is 16.6. The van der Waals surface area contributed by atoms with Gasteiger partial charge in [-0.05, 0) is 60.0 Å². The molecular formula is C18H12ClNO3S. The standard InChI is InChI=1S/C18H12ClNO3S/c19-13-5-3-12(4-6-13)18(22)23-15-9-7-14(8-10-15)20-17(21)16-2-1-11-24-16/h1-11H,(H,20,21). The van der Waals surface area contributed by atoms with Crippen molar-refractivity contribution in [1.29, 1.82) is 0 Å². The van der Waals surface area contributed by atoms with Gasteiger partial charge in [0.05, 0.1) is 10.4 Å². The summed E-state index contributed by atoms with van der Waals surface area (Å²) in [6.45, 7) is 0. The molecule has 1 amide bonds. The van der Waals surface area contributed by atoms with Gasteiger partial charge in [0, 0.05) is 10.7 Å². The average molecular weight is 358 g/mol. The average Bonchev–Trinajstić information content (AvgIpc) is 3.12. The second kappa shape index (κ2) is 7.29. The number of ether oxygens (including phenoxy) is 1. The first-order chi connectivity index (χ1) is 11.6. The third-order valence-electron chi connectivity index (χ3n) is 3.15. The molecule has 4 nitrogen and oxygen atoms in total. The first kappa shape index (κ1) is 16.2. The van der Waals surface area contributed by atoms with Crippen molar-refractivity contribution in [3.63, 3.8) is 0 Å². The quantitative estimate of drug-likeness (QED) is 0.535. The van der Waals surface area contributed by atoms with Gasteiger partial charge in [-0.25, -0.2) is 4.79 Å². The zero-order valence-electron chi connectivity index (χ0n) is 12.4. The molecular weight excluding hydrogens is 346 g/mol. The van der Waals surface area contributed by atoms with Crippen molar-refractivity contribution in [2.24, 2.45) is 0 Å². The SMILES string of the molecule is O=C(Oc1ccc(NC(=O)c2cccs2)cc1)c1ccc(Cl)cc1. The van der Waals surface area contributed by atoms with Crippen LogP contribution in [0, 0.1) is 0 Å². The van der Waals surface area contributed by atoms with Crippen molar-refractivity contribution < 1.29 is 14.3 Å². The second-order valence-corrected chi connectivity index (χ2v) is 6.24. The molecule has 0 saturated carbocycles. The summed E-state index contributed by atoms with van der Waals surface area (Å²) in [5.41, 5.74) is 1.04. The first-order valence-corrected chi connectivity index (χ1v) is 8.30. The van der Waals surface area contributed by atoms with Crippen LogP contribution in [0.15, 0.2) is 66.0 Å². The summed E-state index contributed by atoms with van der Waals surface area (Å²) < 4.78 is 5.28. The Morgan fingerprint density at radius 2 is 1.67 bits per heavy atom. The first-order valence-electron chi connectivity index (χ1n) is 7.04. The van der Waals surface area contributed by atoms with E-state index in [9.17, 15) is 9.59 Å². The molecule has 2 aromatic carbocycles. The summed E-state index contributed by atoms with van der Waals surface area (Å²) in [6.07, 6.45) is 0. The molecule has 120 valence electrons. The van der Waals surface area contributed by atoms with Crippen molar-refractivity contribution in [1.82, 2.24) is 0 Å². The predicted molar refractivity (Wildman–Crippen MR) is 95.1 cm³/mol. The van der Waals surface area contributed by atoms with Gasteiger partial charge in [-0.1, -0.05) is 17.7 Å². The molecule has 1 aromatic heterocycles. The summed E-state index contributed by atoms with van der Waals surface area (Å²) >= 11 is 7.16. The van der Waals surface area contributed by atoms with Crippen LogP contribution in [0.25, 0.3) is 0 Å². The zero-order valence-corrected chi connectivity index (χ0v) is 13.9. The van der Waals surface area contributed by atoms with E-state index in [4.69, 9.17) is 16.3 Å². The fourth-order valence-electron chi connectivity index (χ4n) is 1.96. The number of hydrogen-bond acceptors (Lipinski definition) is 4. The zero-order chi connectivity index (χ0) is 16.9. The lowest BCUT2D eigenvalue weighted by Gasteiger charge is -2.07. The predicted octanol–water partition coefficient (Wildman–Crippen LogP) is 4.87. The van der Waals surface area contributed by atoms with Gasteiger partial charge in [0.1, 0.15) is 5.75 Å². The van der Waals surface area contributed by atoms with Crippen molar-refractivity contribution in [2.75, 3.05) is 5.32 Å². The molecule has 0 radical (unpaired) electrons. The largest absolute Gasteiger partial charge is 0.423 e. The minimum absolute atomic E-state index is 0.170. The number of amides is 1. The molecule has 1 N–H and O–H groups in total. The van der Waals surface area contributed by atoms with E-state index in [0.29, 0.717) is 26.9 Å². The van der Waals surface area contributed by atoms with E-state index in [1.54, 1.807) is 54.6 Å². The van der Waals surface area contributed by atoms with E-state index in [-0.39, 0.29) is 5.91 Å². The van der Waals surface area contributed by atoms with Crippen LogP contribution in [0.3, 0.4) is 0 Å². The number of carbonyl (C=O) groups is 2. The maximum atomic E-state index is 12.0. The molecule has 0 spiro atoms. The van der Waals surface area contributed by atoms with E-state index in [0.717, 1.165) is 0 Å². The molecule has 0 aliphatic rings.